The maximum atomic E-state index is 12.5. The van der Waals surface area contributed by atoms with Gasteiger partial charge in [-0.25, -0.2) is 8.42 Å². The van der Waals surface area contributed by atoms with E-state index in [0.29, 0.717) is 11.4 Å². The normalized spacial score (nSPS) is 12.3. The fraction of sp³-hybridized carbons (Fsp3) is 0.278. The Kier molecular flexibility index (Phi) is 5.69. The lowest BCUT2D eigenvalue weighted by molar-refractivity contribution is -0.126. The van der Waals surface area contributed by atoms with Crippen LogP contribution in [0.25, 0.3) is 0 Å². The number of hydrogen-bond donors (Lipinski definition) is 2. The van der Waals surface area contributed by atoms with Gasteiger partial charge in [0.05, 0.1) is 4.90 Å². The molecule has 0 heterocycles. The number of hydrogen-bond acceptors (Lipinski definition) is 4. The van der Waals surface area contributed by atoms with Crippen molar-refractivity contribution >= 4 is 21.6 Å². The summed E-state index contributed by atoms with van der Waals surface area (Å²) in [6.45, 7) is 5.43. The number of likely N-dealkylation sites (N-methyl/N-ethyl adjacent to an activating group) is 1. The van der Waals surface area contributed by atoms with Crippen molar-refractivity contribution in [2.24, 2.45) is 0 Å². The van der Waals surface area contributed by atoms with Crippen LogP contribution in [0.4, 0.5) is 5.69 Å². The summed E-state index contributed by atoms with van der Waals surface area (Å²) in [6.07, 6.45) is -0.666. The SMILES string of the molecule is CNC(=O)[C@H](C)Oc1ccc(S(=O)(=O)Nc2cc(C)cc(C)c2)cc1. The summed E-state index contributed by atoms with van der Waals surface area (Å²) in [7, 11) is -2.17. The Labute approximate surface area is 148 Å². The lowest BCUT2D eigenvalue weighted by Crippen LogP contribution is -2.33. The van der Waals surface area contributed by atoms with Gasteiger partial charge in [-0.2, -0.15) is 0 Å². The van der Waals surface area contributed by atoms with Gasteiger partial charge < -0.3 is 10.1 Å². The highest BCUT2D eigenvalue weighted by atomic mass is 32.2. The van der Waals surface area contributed by atoms with Crippen LogP contribution in [0.3, 0.4) is 0 Å². The van der Waals surface area contributed by atoms with E-state index in [1.165, 1.54) is 31.3 Å². The van der Waals surface area contributed by atoms with E-state index in [1.807, 2.05) is 19.9 Å². The zero-order valence-corrected chi connectivity index (χ0v) is 15.5. The number of anilines is 1. The Bertz CT molecular complexity index is 841. The van der Waals surface area contributed by atoms with Crippen LogP contribution < -0.4 is 14.8 Å². The van der Waals surface area contributed by atoms with Gasteiger partial charge in [0.15, 0.2) is 6.10 Å². The van der Waals surface area contributed by atoms with Crippen LogP contribution in [0.2, 0.25) is 0 Å². The van der Waals surface area contributed by atoms with Crippen molar-refractivity contribution < 1.29 is 17.9 Å². The first-order chi connectivity index (χ1) is 11.7. The summed E-state index contributed by atoms with van der Waals surface area (Å²) in [4.78, 5) is 11.6. The lowest BCUT2D eigenvalue weighted by Gasteiger charge is -2.14. The van der Waals surface area contributed by atoms with Crippen molar-refractivity contribution in [3.63, 3.8) is 0 Å². The molecule has 1 amide bonds. The Morgan fingerprint density at radius 1 is 1.04 bits per heavy atom. The first kappa shape index (κ1) is 18.8. The quantitative estimate of drug-likeness (QED) is 0.827. The van der Waals surface area contributed by atoms with Crippen molar-refractivity contribution in [1.82, 2.24) is 5.32 Å². The monoisotopic (exact) mass is 362 g/mol. The molecule has 0 unspecified atom stereocenters. The Morgan fingerprint density at radius 3 is 2.12 bits per heavy atom. The van der Waals surface area contributed by atoms with E-state index in [9.17, 15) is 13.2 Å². The van der Waals surface area contributed by atoms with Crippen LogP contribution in [0, 0.1) is 13.8 Å². The zero-order chi connectivity index (χ0) is 18.6. The third-order valence-electron chi connectivity index (χ3n) is 3.54. The molecule has 0 aromatic heterocycles. The van der Waals surface area contributed by atoms with Gasteiger partial charge in [0.25, 0.3) is 15.9 Å². The smallest absolute Gasteiger partial charge is 0.261 e. The molecular formula is C18H22N2O4S. The summed E-state index contributed by atoms with van der Waals surface area (Å²) >= 11 is 0. The summed E-state index contributed by atoms with van der Waals surface area (Å²) < 4.78 is 33.0. The molecule has 0 saturated heterocycles. The second-order valence-electron chi connectivity index (χ2n) is 5.83. The molecule has 0 aliphatic heterocycles. The van der Waals surface area contributed by atoms with Gasteiger partial charge in [0.1, 0.15) is 5.75 Å². The molecule has 7 heteroatoms. The fourth-order valence-corrected chi connectivity index (χ4v) is 3.45. The molecule has 2 aromatic carbocycles. The molecule has 2 N–H and O–H groups in total. The predicted molar refractivity (Wildman–Crippen MR) is 97.3 cm³/mol. The second kappa shape index (κ2) is 7.57. The van der Waals surface area contributed by atoms with E-state index in [0.717, 1.165) is 11.1 Å². The van der Waals surface area contributed by atoms with E-state index in [-0.39, 0.29) is 10.8 Å². The Balaban J connectivity index is 2.16. The van der Waals surface area contributed by atoms with Crippen molar-refractivity contribution in [2.75, 3.05) is 11.8 Å². The van der Waals surface area contributed by atoms with E-state index in [2.05, 4.69) is 10.0 Å². The Hall–Kier alpha value is -2.54. The summed E-state index contributed by atoms with van der Waals surface area (Å²) in [6, 6.07) is 11.4. The minimum Gasteiger partial charge on any atom is -0.481 e. The van der Waals surface area contributed by atoms with Crippen LogP contribution in [0.5, 0.6) is 5.75 Å². The molecule has 2 aromatic rings. The molecule has 25 heavy (non-hydrogen) atoms. The van der Waals surface area contributed by atoms with Gasteiger partial charge in [-0.15, -0.1) is 0 Å². The predicted octanol–water partition coefficient (Wildman–Crippen LogP) is 2.62. The molecular weight excluding hydrogens is 340 g/mol. The largest absolute Gasteiger partial charge is 0.481 e. The van der Waals surface area contributed by atoms with Gasteiger partial charge in [0.2, 0.25) is 0 Å². The molecule has 1 atom stereocenters. The zero-order valence-electron chi connectivity index (χ0n) is 14.7. The molecule has 0 saturated carbocycles. The highest BCUT2D eigenvalue weighted by molar-refractivity contribution is 7.92. The maximum absolute atomic E-state index is 12.5. The molecule has 0 aliphatic rings. The molecule has 0 bridgehead atoms. The molecule has 0 fully saturated rings. The van der Waals surface area contributed by atoms with Crippen molar-refractivity contribution in [2.45, 2.75) is 31.8 Å². The maximum Gasteiger partial charge on any atom is 0.261 e. The van der Waals surface area contributed by atoms with Gasteiger partial charge in [-0.05, 0) is 68.3 Å². The number of sulfonamides is 1. The van der Waals surface area contributed by atoms with Crippen LogP contribution in [-0.2, 0) is 14.8 Å². The first-order valence-corrected chi connectivity index (χ1v) is 9.29. The number of amides is 1. The highest BCUT2D eigenvalue weighted by Crippen LogP contribution is 2.21. The van der Waals surface area contributed by atoms with Crippen molar-refractivity contribution in [3.8, 4) is 5.75 Å². The van der Waals surface area contributed by atoms with E-state index in [1.54, 1.807) is 19.1 Å². The standard InChI is InChI=1S/C18H22N2O4S/c1-12-9-13(2)11-15(10-12)20-25(22,23)17-7-5-16(6-8-17)24-14(3)18(21)19-4/h5-11,14,20H,1-4H3,(H,19,21)/t14-/m0/s1. The van der Waals surface area contributed by atoms with Crippen molar-refractivity contribution in [1.29, 1.82) is 0 Å². The van der Waals surface area contributed by atoms with Crippen LogP contribution in [0.1, 0.15) is 18.1 Å². The third-order valence-corrected chi connectivity index (χ3v) is 4.93. The van der Waals surface area contributed by atoms with Crippen LogP contribution >= 0.6 is 0 Å². The number of carbonyl (C=O) groups excluding carboxylic acids is 1. The minimum atomic E-state index is -3.70. The summed E-state index contributed by atoms with van der Waals surface area (Å²) in [5.41, 5.74) is 2.47. The highest BCUT2D eigenvalue weighted by Gasteiger charge is 2.16. The molecule has 6 nitrogen and oxygen atoms in total. The van der Waals surface area contributed by atoms with Crippen molar-refractivity contribution in [3.05, 3.63) is 53.6 Å². The number of carbonyl (C=O) groups is 1. The second-order valence-corrected chi connectivity index (χ2v) is 7.51. The fourth-order valence-electron chi connectivity index (χ4n) is 2.41. The van der Waals surface area contributed by atoms with Crippen LogP contribution in [-0.4, -0.2) is 27.5 Å². The molecule has 134 valence electrons. The number of aryl methyl sites for hydroxylation is 2. The number of benzene rings is 2. The Morgan fingerprint density at radius 2 is 1.60 bits per heavy atom. The van der Waals surface area contributed by atoms with Crippen LogP contribution in [0.15, 0.2) is 47.4 Å². The third kappa shape index (κ3) is 4.96. The van der Waals surface area contributed by atoms with Gasteiger partial charge in [0, 0.05) is 12.7 Å². The van der Waals surface area contributed by atoms with E-state index >= 15 is 0 Å². The van der Waals surface area contributed by atoms with E-state index < -0.39 is 16.1 Å². The molecule has 0 radical (unpaired) electrons. The number of ether oxygens (including phenoxy) is 1. The first-order valence-electron chi connectivity index (χ1n) is 7.80. The molecule has 0 aliphatic carbocycles. The number of rotatable bonds is 6. The summed E-state index contributed by atoms with van der Waals surface area (Å²) in [5, 5.41) is 2.49. The summed E-state index contributed by atoms with van der Waals surface area (Å²) in [5.74, 6) is 0.162. The molecule has 0 spiro atoms. The van der Waals surface area contributed by atoms with E-state index in [4.69, 9.17) is 4.74 Å². The van der Waals surface area contributed by atoms with Gasteiger partial charge in [-0.1, -0.05) is 6.07 Å². The topological polar surface area (TPSA) is 84.5 Å². The lowest BCUT2D eigenvalue weighted by atomic mass is 10.1. The number of nitrogens with one attached hydrogen (secondary N) is 2. The average molecular weight is 362 g/mol. The molecule has 2 rings (SSSR count). The minimum absolute atomic E-state index is 0.117. The van der Waals surface area contributed by atoms with Gasteiger partial charge >= 0.3 is 0 Å². The van der Waals surface area contributed by atoms with Gasteiger partial charge in [-0.3, -0.25) is 9.52 Å². The average Bonchev–Trinajstić information content (AvgIpc) is 2.53.